The highest BCUT2D eigenvalue weighted by Gasteiger charge is 2.39. The highest BCUT2D eigenvalue weighted by molar-refractivity contribution is 9.11. The van der Waals surface area contributed by atoms with Crippen LogP contribution in [-0.2, 0) is 19.1 Å². The van der Waals surface area contributed by atoms with Crippen LogP contribution in [0, 0.1) is 13.8 Å². The van der Waals surface area contributed by atoms with E-state index >= 15 is 0 Å². The van der Waals surface area contributed by atoms with Crippen LogP contribution in [0.5, 0.6) is 0 Å². The summed E-state index contributed by atoms with van der Waals surface area (Å²) in [6.45, 7) is 6.97. The summed E-state index contributed by atoms with van der Waals surface area (Å²) in [4.78, 5) is 23.8. The standard InChI is InChI=1S/C15H15Br2NO4/c1-7-5-10(16)12(11(17)8(7)2)18-6-9-13(19)21-15(3,4)22-14(9)20/h5-6,18H,1-4H3. The number of carbonyl (C=O) groups excluding carboxylic acids is 2. The van der Waals surface area contributed by atoms with E-state index in [0.29, 0.717) is 5.69 Å². The summed E-state index contributed by atoms with van der Waals surface area (Å²) in [6.07, 6.45) is 1.29. The van der Waals surface area contributed by atoms with Crippen LogP contribution in [0.2, 0.25) is 0 Å². The third-order valence-corrected chi connectivity index (χ3v) is 4.82. The Bertz CT molecular complexity index is 673. The van der Waals surface area contributed by atoms with Gasteiger partial charge in [-0.05, 0) is 62.9 Å². The summed E-state index contributed by atoms with van der Waals surface area (Å²) in [7, 11) is 0. The molecule has 1 aromatic carbocycles. The van der Waals surface area contributed by atoms with Crippen molar-refractivity contribution in [2.75, 3.05) is 5.32 Å². The highest BCUT2D eigenvalue weighted by atomic mass is 79.9. The van der Waals surface area contributed by atoms with Crippen LogP contribution >= 0.6 is 31.9 Å². The fourth-order valence-corrected chi connectivity index (χ4v) is 3.45. The van der Waals surface area contributed by atoms with E-state index in [0.717, 1.165) is 20.1 Å². The number of esters is 2. The van der Waals surface area contributed by atoms with Gasteiger partial charge in [-0.15, -0.1) is 0 Å². The molecule has 0 bridgehead atoms. The molecule has 118 valence electrons. The molecule has 0 spiro atoms. The lowest BCUT2D eigenvalue weighted by atomic mass is 10.1. The Morgan fingerprint density at radius 3 is 2.23 bits per heavy atom. The molecule has 7 heteroatoms. The number of halogens is 2. The molecule has 1 saturated heterocycles. The van der Waals surface area contributed by atoms with Gasteiger partial charge >= 0.3 is 11.9 Å². The van der Waals surface area contributed by atoms with E-state index in [9.17, 15) is 9.59 Å². The van der Waals surface area contributed by atoms with Crippen LogP contribution in [0.4, 0.5) is 5.69 Å². The van der Waals surface area contributed by atoms with Gasteiger partial charge in [0.25, 0.3) is 5.79 Å². The number of hydrogen-bond acceptors (Lipinski definition) is 5. The first kappa shape index (κ1) is 17.0. The van der Waals surface area contributed by atoms with Crippen LogP contribution in [-0.4, -0.2) is 17.7 Å². The second kappa shape index (κ2) is 6.04. The van der Waals surface area contributed by atoms with Crippen LogP contribution in [0.25, 0.3) is 0 Å². The van der Waals surface area contributed by atoms with E-state index in [1.54, 1.807) is 0 Å². The zero-order valence-electron chi connectivity index (χ0n) is 12.5. The molecule has 22 heavy (non-hydrogen) atoms. The van der Waals surface area contributed by atoms with Crippen LogP contribution in [0.1, 0.15) is 25.0 Å². The molecule has 2 rings (SSSR count). The second-order valence-corrected chi connectivity index (χ2v) is 7.02. The predicted molar refractivity (Wildman–Crippen MR) is 89.3 cm³/mol. The van der Waals surface area contributed by atoms with Crippen LogP contribution < -0.4 is 5.32 Å². The molecule has 0 aromatic heterocycles. The fraction of sp³-hybridized carbons (Fsp3) is 0.333. The molecule has 0 atom stereocenters. The third-order valence-electron chi connectivity index (χ3n) is 3.20. The molecule has 1 heterocycles. The number of cyclic esters (lactones) is 2. The van der Waals surface area contributed by atoms with Crippen molar-refractivity contribution in [3.05, 3.63) is 37.9 Å². The maximum atomic E-state index is 11.9. The molecule has 1 aromatic rings. The Labute approximate surface area is 145 Å². The second-order valence-electron chi connectivity index (χ2n) is 5.37. The lowest BCUT2D eigenvalue weighted by Gasteiger charge is -2.29. The summed E-state index contributed by atoms with van der Waals surface area (Å²) in [5.74, 6) is -2.68. The number of anilines is 1. The van der Waals surface area contributed by atoms with E-state index in [1.165, 1.54) is 20.0 Å². The summed E-state index contributed by atoms with van der Waals surface area (Å²) in [6, 6.07) is 1.95. The highest BCUT2D eigenvalue weighted by Crippen LogP contribution is 2.36. The molecule has 1 fully saturated rings. The van der Waals surface area contributed by atoms with Gasteiger partial charge in [0.15, 0.2) is 5.57 Å². The van der Waals surface area contributed by atoms with Gasteiger partial charge in [-0.25, -0.2) is 9.59 Å². The summed E-state index contributed by atoms with van der Waals surface area (Å²) in [5, 5.41) is 2.95. The first-order valence-electron chi connectivity index (χ1n) is 6.51. The third kappa shape index (κ3) is 3.35. The number of ether oxygens (including phenoxy) is 2. The van der Waals surface area contributed by atoms with Gasteiger partial charge in [-0.1, -0.05) is 0 Å². The smallest absolute Gasteiger partial charge is 0.350 e. The fourth-order valence-electron chi connectivity index (χ4n) is 1.89. The van der Waals surface area contributed by atoms with Gasteiger partial charge in [0.1, 0.15) is 0 Å². The van der Waals surface area contributed by atoms with E-state index in [2.05, 4.69) is 37.2 Å². The minimum Gasteiger partial charge on any atom is -0.419 e. The lowest BCUT2D eigenvalue weighted by molar-refractivity contribution is -0.222. The van der Waals surface area contributed by atoms with Crippen molar-refractivity contribution in [3.8, 4) is 0 Å². The quantitative estimate of drug-likeness (QED) is 0.435. The molecule has 1 aliphatic rings. The Balaban J connectivity index is 2.32. The number of carbonyl (C=O) groups is 2. The molecule has 0 amide bonds. The monoisotopic (exact) mass is 431 g/mol. The Morgan fingerprint density at radius 1 is 1.14 bits per heavy atom. The van der Waals surface area contributed by atoms with Crippen LogP contribution in [0.15, 0.2) is 26.8 Å². The van der Waals surface area contributed by atoms with Gasteiger partial charge in [-0.2, -0.15) is 0 Å². The van der Waals surface area contributed by atoms with Crippen molar-refractivity contribution < 1.29 is 19.1 Å². The topological polar surface area (TPSA) is 64.6 Å². The number of aryl methyl sites for hydroxylation is 1. The average molecular weight is 433 g/mol. The van der Waals surface area contributed by atoms with Crippen molar-refractivity contribution in [2.45, 2.75) is 33.5 Å². The Morgan fingerprint density at radius 2 is 1.68 bits per heavy atom. The zero-order valence-corrected chi connectivity index (χ0v) is 15.7. The Hall–Kier alpha value is -1.34. The molecule has 0 radical (unpaired) electrons. The minimum atomic E-state index is -1.24. The summed E-state index contributed by atoms with van der Waals surface area (Å²) >= 11 is 6.95. The number of rotatable bonds is 2. The normalized spacial score (nSPS) is 16.9. The lowest BCUT2D eigenvalue weighted by Crippen LogP contribution is -2.42. The maximum Gasteiger partial charge on any atom is 0.350 e. The molecule has 1 N–H and O–H groups in total. The molecule has 1 aliphatic heterocycles. The van der Waals surface area contributed by atoms with E-state index in [1.807, 2.05) is 19.9 Å². The molecular weight excluding hydrogens is 418 g/mol. The average Bonchev–Trinajstić information content (AvgIpc) is 2.37. The van der Waals surface area contributed by atoms with E-state index in [-0.39, 0.29) is 5.57 Å². The van der Waals surface area contributed by atoms with Crippen molar-refractivity contribution in [3.63, 3.8) is 0 Å². The van der Waals surface area contributed by atoms with Gasteiger partial charge < -0.3 is 14.8 Å². The summed E-state index contributed by atoms with van der Waals surface area (Å²) in [5.41, 5.74) is 2.69. The summed E-state index contributed by atoms with van der Waals surface area (Å²) < 4.78 is 11.7. The Kier molecular flexibility index (Phi) is 4.67. The molecule has 0 aliphatic carbocycles. The largest absolute Gasteiger partial charge is 0.419 e. The number of nitrogens with one attached hydrogen (secondary N) is 1. The van der Waals surface area contributed by atoms with Crippen molar-refractivity contribution >= 4 is 49.5 Å². The van der Waals surface area contributed by atoms with Gasteiger partial charge in [0.05, 0.1) is 5.69 Å². The molecule has 5 nitrogen and oxygen atoms in total. The van der Waals surface area contributed by atoms with Crippen molar-refractivity contribution in [1.29, 1.82) is 0 Å². The minimum absolute atomic E-state index is 0.184. The molecule has 0 unspecified atom stereocenters. The van der Waals surface area contributed by atoms with Crippen molar-refractivity contribution in [1.82, 2.24) is 0 Å². The first-order valence-corrected chi connectivity index (χ1v) is 8.09. The van der Waals surface area contributed by atoms with Gasteiger partial charge in [-0.3, -0.25) is 0 Å². The number of hydrogen-bond donors (Lipinski definition) is 1. The van der Waals surface area contributed by atoms with Gasteiger partial charge in [0.2, 0.25) is 0 Å². The van der Waals surface area contributed by atoms with E-state index in [4.69, 9.17) is 9.47 Å². The van der Waals surface area contributed by atoms with Crippen molar-refractivity contribution in [2.24, 2.45) is 0 Å². The molecular formula is C15H15Br2NO4. The first-order chi connectivity index (χ1) is 10.1. The SMILES string of the molecule is Cc1cc(Br)c(NC=C2C(=O)OC(C)(C)OC2=O)c(Br)c1C. The van der Waals surface area contributed by atoms with Gasteiger partial charge in [0, 0.05) is 29.0 Å². The maximum absolute atomic E-state index is 11.9. The molecule has 0 saturated carbocycles. The van der Waals surface area contributed by atoms with E-state index < -0.39 is 17.7 Å². The zero-order chi connectivity index (χ0) is 16.7. The predicted octanol–water partition coefficient (Wildman–Crippen LogP) is 3.96. The number of benzene rings is 1. The van der Waals surface area contributed by atoms with Crippen LogP contribution in [0.3, 0.4) is 0 Å².